The highest BCUT2D eigenvalue weighted by Gasteiger charge is 2.16. The molecule has 1 nitrogen and oxygen atoms in total. The number of hydrogen-bond donors (Lipinski definition) is 0. The number of halogens is 4. The highest BCUT2D eigenvalue weighted by molar-refractivity contribution is 14.1. The third-order valence-corrected chi connectivity index (χ3v) is 4.56. The van der Waals surface area contributed by atoms with Crippen molar-refractivity contribution in [2.24, 2.45) is 0 Å². The third-order valence-electron chi connectivity index (χ3n) is 2.67. The van der Waals surface area contributed by atoms with Gasteiger partial charge in [-0.2, -0.15) is 0 Å². The van der Waals surface area contributed by atoms with Crippen molar-refractivity contribution in [1.29, 1.82) is 0 Å². The Morgan fingerprint density at radius 1 is 1.16 bits per heavy atom. The van der Waals surface area contributed by atoms with Crippen LogP contribution in [0.1, 0.15) is 21.5 Å². The quantitative estimate of drug-likeness (QED) is 0.488. The molecular formula is C14H8Cl2FIO. The number of carbonyl (C=O) groups is 1. The number of benzene rings is 2. The predicted molar refractivity (Wildman–Crippen MR) is 83.7 cm³/mol. The van der Waals surface area contributed by atoms with E-state index in [9.17, 15) is 9.18 Å². The molecule has 0 aliphatic carbocycles. The van der Waals surface area contributed by atoms with E-state index in [2.05, 4.69) is 22.6 Å². The largest absolute Gasteiger partial charge is 0.289 e. The first-order valence-electron chi connectivity index (χ1n) is 5.35. The molecule has 0 aliphatic rings. The van der Waals surface area contributed by atoms with Crippen LogP contribution < -0.4 is 0 Å². The minimum Gasteiger partial charge on any atom is -0.289 e. The van der Waals surface area contributed by atoms with E-state index < -0.39 is 5.82 Å². The molecule has 2 aromatic rings. The lowest BCUT2D eigenvalue weighted by Crippen LogP contribution is -2.04. The summed E-state index contributed by atoms with van der Waals surface area (Å²) in [6, 6.07) is 7.61. The summed E-state index contributed by atoms with van der Waals surface area (Å²) in [5, 5.41) is 0.601. The molecule has 0 atom stereocenters. The number of ketones is 1. The average Bonchev–Trinajstić information content (AvgIpc) is 2.36. The molecule has 0 unspecified atom stereocenters. The van der Waals surface area contributed by atoms with Gasteiger partial charge in [-0.05, 0) is 65.4 Å². The number of hydrogen-bond acceptors (Lipinski definition) is 1. The molecule has 0 saturated carbocycles. The first-order chi connectivity index (χ1) is 8.90. The fourth-order valence-corrected chi connectivity index (χ4v) is 2.38. The van der Waals surface area contributed by atoms with Crippen LogP contribution in [0.3, 0.4) is 0 Å². The third kappa shape index (κ3) is 3.09. The summed E-state index contributed by atoms with van der Waals surface area (Å²) < 4.78 is 14.2. The lowest BCUT2D eigenvalue weighted by Gasteiger charge is -2.07. The van der Waals surface area contributed by atoms with E-state index in [-0.39, 0.29) is 16.4 Å². The maximum Gasteiger partial charge on any atom is 0.194 e. The zero-order valence-corrected chi connectivity index (χ0v) is 13.5. The van der Waals surface area contributed by atoms with Gasteiger partial charge in [0, 0.05) is 14.7 Å². The molecule has 19 heavy (non-hydrogen) atoms. The van der Waals surface area contributed by atoms with Crippen LogP contribution in [-0.4, -0.2) is 5.78 Å². The van der Waals surface area contributed by atoms with Crippen LogP contribution in [0.5, 0.6) is 0 Å². The summed E-state index contributed by atoms with van der Waals surface area (Å²) in [6.07, 6.45) is 0. The lowest BCUT2D eigenvalue weighted by atomic mass is 10.0. The highest BCUT2D eigenvalue weighted by atomic mass is 127. The molecule has 2 aromatic carbocycles. The Labute approximate surface area is 133 Å². The first kappa shape index (κ1) is 14.8. The Kier molecular flexibility index (Phi) is 4.48. The molecule has 0 aromatic heterocycles. The first-order valence-corrected chi connectivity index (χ1v) is 7.19. The Morgan fingerprint density at radius 3 is 2.47 bits per heavy atom. The van der Waals surface area contributed by atoms with E-state index >= 15 is 0 Å². The van der Waals surface area contributed by atoms with Crippen LogP contribution >= 0.6 is 45.8 Å². The molecule has 0 spiro atoms. The van der Waals surface area contributed by atoms with Crippen molar-refractivity contribution in [3.63, 3.8) is 0 Å². The highest BCUT2D eigenvalue weighted by Crippen LogP contribution is 2.26. The van der Waals surface area contributed by atoms with Gasteiger partial charge in [0.25, 0.3) is 0 Å². The monoisotopic (exact) mass is 408 g/mol. The van der Waals surface area contributed by atoms with E-state index in [4.69, 9.17) is 23.2 Å². The van der Waals surface area contributed by atoms with Crippen molar-refractivity contribution in [1.82, 2.24) is 0 Å². The smallest absolute Gasteiger partial charge is 0.194 e. The van der Waals surface area contributed by atoms with Gasteiger partial charge in [0.1, 0.15) is 5.82 Å². The summed E-state index contributed by atoms with van der Waals surface area (Å²) in [5.41, 5.74) is 1.08. The van der Waals surface area contributed by atoms with Crippen molar-refractivity contribution >= 4 is 51.6 Å². The summed E-state index contributed by atoms with van der Waals surface area (Å²) in [6.45, 7) is 1.59. The summed E-state index contributed by atoms with van der Waals surface area (Å²) in [5.74, 6) is -0.700. The Hall–Kier alpha value is -0.650. The fourth-order valence-electron chi connectivity index (χ4n) is 1.62. The second kappa shape index (κ2) is 5.77. The maximum atomic E-state index is 13.3. The van der Waals surface area contributed by atoms with Crippen molar-refractivity contribution in [3.8, 4) is 0 Å². The number of carbonyl (C=O) groups excluding carboxylic acids is 1. The standard InChI is InChI=1S/C14H8Cl2FIO/c1-7-4-9(10(15)6-12(7)17)14(19)8-2-3-13(18)11(16)5-8/h2-6H,1H3. The van der Waals surface area contributed by atoms with Crippen LogP contribution in [0.25, 0.3) is 0 Å². The molecule has 98 valence electrons. The van der Waals surface area contributed by atoms with Gasteiger partial charge in [-0.25, -0.2) is 4.39 Å². The molecule has 0 heterocycles. The topological polar surface area (TPSA) is 17.1 Å². The van der Waals surface area contributed by atoms with Gasteiger partial charge < -0.3 is 0 Å². The molecule has 0 N–H and O–H groups in total. The second-order valence-electron chi connectivity index (χ2n) is 4.04. The van der Waals surface area contributed by atoms with E-state index in [0.717, 1.165) is 9.64 Å². The molecular weight excluding hydrogens is 401 g/mol. The summed E-state index contributed by atoms with van der Waals surface area (Å²) >= 11 is 14.0. The van der Waals surface area contributed by atoms with Crippen LogP contribution in [-0.2, 0) is 0 Å². The minimum atomic E-state index is -0.429. The van der Waals surface area contributed by atoms with Crippen LogP contribution in [0, 0.1) is 16.3 Å². The van der Waals surface area contributed by atoms with E-state index in [1.165, 1.54) is 6.07 Å². The van der Waals surface area contributed by atoms with Gasteiger partial charge in [-0.15, -0.1) is 0 Å². The minimum absolute atomic E-state index is 0.0998. The lowest BCUT2D eigenvalue weighted by molar-refractivity contribution is 0.103. The average molecular weight is 409 g/mol. The van der Waals surface area contributed by atoms with E-state index in [0.29, 0.717) is 16.1 Å². The zero-order valence-electron chi connectivity index (χ0n) is 9.81. The molecule has 0 bridgehead atoms. The van der Waals surface area contributed by atoms with Crippen LogP contribution in [0.15, 0.2) is 30.3 Å². The van der Waals surface area contributed by atoms with Crippen molar-refractivity contribution < 1.29 is 9.18 Å². The normalized spacial score (nSPS) is 10.6. The Balaban J connectivity index is 2.49. The van der Waals surface area contributed by atoms with Crippen LogP contribution in [0.2, 0.25) is 10.0 Å². The second-order valence-corrected chi connectivity index (χ2v) is 6.02. The molecule has 0 amide bonds. The molecule has 2 rings (SSSR count). The molecule has 0 saturated heterocycles. The van der Waals surface area contributed by atoms with E-state index in [1.807, 2.05) is 0 Å². The van der Waals surface area contributed by atoms with Gasteiger partial charge in [-0.1, -0.05) is 23.2 Å². The number of rotatable bonds is 2. The van der Waals surface area contributed by atoms with Gasteiger partial charge >= 0.3 is 0 Å². The van der Waals surface area contributed by atoms with Gasteiger partial charge in [0.05, 0.1) is 10.0 Å². The van der Waals surface area contributed by atoms with E-state index in [1.54, 1.807) is 25.1 Å². The summed E-state index contributed by atoms with van der Waals surface area (Å²) in [4.78, 5) is 12.3. The van der Waals surface area contributed by atoms with Gasteiger partial charge in [-0.3, -0.25) is 4.79 Å². The van der Waals surface area contributed by atoms with Crippen molar-refractivity contribution in [2.75, 3.05) is 0 Å². The Bertz CT molecular complexity index is 671. The molecule has 0 radical (unpaired) electrons. The van der Waals surface area contributed by atoms with Gasteiger partial charge in [0.2, 0.25) is 0 Å². The van der Waals surface area contributed by atoms with Crippen LogP contribution in [0.4, 0.5) is 4.39 Å². The molecule has 0 fully saturated rings. The number of aryl methyl sites for hydroxylation is 1. The summed E-state index contributed by atoms with van der Waals surface area (Å²) in [7, 11) is 0. The Morgan fingerprint density at radius 2 is 1.84 bits per heavy atom. The van der Waals surface area contributed by atoms with Crippen molar-refractivity contribution in [2.45, 2.75) is 6.92 Å². The fraction of sp³-hybridized carbons (Fsp3) is 0.0714. The van der Waals surface area contributed by atoms with Gasteiger partial charge in [0.15, 0.2) is 5.78 Å². The predicted octanol–water partition coefficient (Wildman–Crippen LogP) is 5.28. The zero-order chi connectivity index (χ0) is 14.2. The molecule has 0 aliphatic heterocycles. The molecule has 5 heteroatoms. The SMILES string of the molecule is Cc1cc(C(=O)c2ccc(I)c(Cl)c2)c(Cl)cc1F. The maximum absolute atomic E-state index is 13.3. The van der Waals surface area contributed by atoms with Crippen molar-refractivity contribution in [3.05, 3.63) is 66.5 Å².